The lowest BCUT2D eigenvalue weighted by Crippen LogP contribution is -2.16. The predicted octanol–water partition coefficient (Wildman–Crippen LogP) is 3.22. The molecule has 0 fully saturated rings. The van der Waals surface area contributed by atoms with Crippen LogP contribution in [0.3, 0.4) is 0 Å². The number of carbonyl (C=O) groups is 1. The summed E-state index contributed by atoms with van der Waals surface area (Å²) in [5.74, 6) is -0.982. The van der Waals surface area contributed by atoms with Crippen LogP contribution in [0.5, 0.6) is 0 Å². The summed E-state index contributed by atoms with van der Waals surface area (Å²) in [6.45, 7) is 0. The number of carboxylic acids is 1. The Morgan fingerprint density at radius 3 is 1.95 bits per heavy atom. The molecule has 0 saturated carbocycles. The lowest BCUT2D eigenvalue weighted by Gasteiger charge is -2.21. The number of imidazole rings is 1. The summed E-state index contributed by atoms with van der Waals surface area (Å²) in [5, 5.41) is 9.34. The number of aromatic carboxylic acids is 1. The van der Waals surface area contributed by atoms with Crippen LogP contribution in [0.2, 0.25) is 0 Å². The number of rotatable bonds is 4. The molecule has 0 aliphatic rings. The normalized spacial score (nSPS) is 10.7. The van der Waals surface area contributed by atoms with Crippen LogP contribution in [0.25, 0.3) is 0 Å². The first-order valence-corrected chi connectivity index (χ1v) is 6.62. The van der Waals surface area contributed by atoms with Gasteiger partial charge in [-0.15, -0.1) is 0 Å². The van der Waals surface area contributed by atoms with Gasteiger partial charge in [0.05, 0.1) is 18.6 Å². The molecule has 4 heteroatoms. The van der Waals surface area contributed by atoms with Crippen molar-refractivity contribution >= 4 is 5.97 Å². The number of hydrogen-bond donors (Lipinski definition) is 1. The molecule has 0 amide bonds. The van der Waals surface area contributed by atoms with E-state index < -0.39 is 5.97 Å². The Hall–Kier alpha value is -2.88. The Kier molecular flexibility index (Phi) is 3.51. The van der Waals surface area contributed by atoms with Crippen molar-refractivity contribution < 1.29 is 9.90 Å². The molecule has 1 N–H and O–H groups in total. The van der Waals surface area contributed by atoms with E-state index in [0.717, 1.165) is 11.1 Å². The van der Waals surface area contributed by atoms with E-state index in [2.05, 4.69) is 4.98 Å². The van der Waals surface area contributed by atoms with Gasteiger partial charge in [0.1, 0.15) is 5.69 Å². The number of carboxylic acid groups (broad SMARTS) is 1. The number of hydrogen-bond acceptors (Lipinski definition) is 2. The van der Waals surface area contributed by atoms with E-state index in [1.807, 2.05) is 60.7 Å². The molecule has 0 radical (unpaired) electrons. The highest BCUT2D eigenvalue weighted by Gasteiger charge is 2.21. The minimum atomic E-state index is -0.982. The number of benzene rings is 2. The Labute approximate surface area is 122 Å². The highest BCUT2D eigenvalue weighted by atomic mass is 16.4. The zero-order valence-electron chi connectivity index (χ0n) is 11.3. The Morgan fingerprint density at radius 2 is 1.48 bits per heavy atom. The zero-order chi connectivity index (χ0) is 14.7. The molecular weight excluding hydrogens is 264 g/mol. The first-order valence-electron chi connectivity index (χ1n) is 6.62. The molecule has 0 atom stereocenters. The Balaban J connectivity index is 2.18. The number of aromatic nitrogens is 2. The molecule has 104 valence electrons. The fourth-order valence-electron chi connectivity index (χ4n) is 2.46. The lowest BCUT2D eigenvalue weighted by atomic mass is 9.98. The maximum Gasteiger partial charge on any atom is 0.354 e. The second-order valence-electron chi connectivity index (χ2n) is 4.72. The van der Waals surface area contributed by atoms with E-state index in [1.54, 1.807) is 10.9 Å². The van der Waals surface area contributed by atoms with Gasteiger partial charge in [-0.05, 0) is 11.1 Å². The molecule has 2 aromatic carbocycles. The van der Waals surface area contributed by atoms with Gasteiger partial charge in [0, 0.05) is 0 Å². The molecule has 4 nitrogen and oxygen atoms in total. The standard InChI is InChI=1S/C17H14N2O2/c20-17(21)15-11-18-12-19(15)16(13-7-3-1-4-8-13)14-9-5-2-6-10-14/h1-12,16H,(H,20,21). The van der Waals surface area contributed by atoms with Gasteiger partial charge in [-0.25, -0.2) is 9.78 Å². The van der Waals surface area contributed by atoms with Gasteiger partial charge in [0.2, 0.25) is 0 Å². The Bertz CT molecular complexity index is 696. The highest BCUT2D eigenvalue weighted by molar-refractivity contribution is 5.85. The molecule has 3 rings (SSSR count). The van der Waals surface area contributed by atoms with Crippen molar-refractivity contribution in [1.29, 1.82) is 0 Å². The summed E-state index contributed by atoms with van der Waals surface area (Å²) in [7, 11) is 0. The van der Waals surface area contributed by atoms with E-state index in [1.165, 1.54) is 6.20 Å². The molecule has 0 aliphatic carbocycles. The van der Waals surface area contributed by atoms with Gasteiger partial charge in [-0.2, -0.15) is 0 Å². The van der Waals surface area contributed by atoms with E-state index >= 15 is 0 Å². The maximum atomic E-state index is 11.4. The van der Waals surface area contributed by atoms with Crippen molar-refractivity contribution in [2.75, 3.05) is 0 Å². The molecular formula is C17H14N2O2. The SMILES string of the molecule is O=C(O)c1cncn1C(c1ccccc1)c1ccccc1. The van der Waals surface area contributed by atoms with Crippen LogP contribution in [0.1, 0.15) is 27.7 Å². The molecule has 0 bridgehead atoms. The van der Waals surface area contributed by atoms with Crippen molar-refractivity contribution in [2.45, 2.75) is 6.04 Å². The third-order valence-corrected chi connectivity index (χ3v) is 3.39. The van der Waals surface area contributed by atoms with Crippen molar-refractivity contribution in [2.24, 2.45) is 0 Å². The van der Waals surface area contributed by atoms with Crippen LogP contribution in [0, 0.1) is 0 Å². The third kappa shape index (κ3) is 2.56. The van der Waals surface area contributed by atoms with Crippen LogP contribution in [-0.4, -0.2) is 20.6 Å². The minimum Gasteiger partial charge on any atom is -0.477 e. The van der Waals surface area contributed by atoms with Crippen LogP contribution < -0.4 is 0 Å². The molecule has 0 saturated heterocycles. The van der Waals surface area contributed by atoms with E-state index in [4.69, 9.17) is 0 Å². The van der Waals surface area contributed by atoms with Crippen molar-refractivity contribution in [3.63, 3.8) is 0 Å². The molecule has 1 heterocycles. The van der Waals surface area contributed by atoms with Gasteiger partial charge in [0.15, 0.2) is 0 Å². The highest BCUT2D eigenvalue weighted by Crippen LogP contribution is 2.27. The van der Waals surface area contributed by atoms with Crippen molar-refractivity contribution in [3.8, 4) is 0 Å². The Morgan fingerprint density at radius 1 is 0.952 bits per heavy atom. The van der Waals surface area contributed by atoms with Gasteiger partial charge in [-0.3, -0.25) is 0 Å². The summed E-state index contributed by atoms with van der Waals surface area (Å²) in [5.41, 5.74) is 2.21. The van der Waals surface area contributed by atoms with Crippen LogP contribution >= 0.6 is 0 Å². The summed E-state index contributed by atoms with van der Waals surface area (Å²) in [6.07, 6.45) is 2.94. The van der Waals surface area contributed by atoms with Crippen LogP contribution in [-0.2, 0) is 0 Å². The molecule has 1 aromatic heterocycles. The summed E-state index contributed by atoms with van der Waals surface area (Å²) in [4.78, 5) is 15.4. The van der Waals surface area contributed by atoms with Crippen LogP contribution in [0.15, 0.2) is 73.2 Å². The van der Waals surface area contributed by atoms with E-state index in [-0.39, 0.29) is 11.7 Å². The predicted molar refractivity (Wildman–Crippen MR) is 79.3 cm³/mol. The second kappa shape index (κ2) is 5.63. The summed E-state index contributed by atoms with van der Waals surface area (Å²) in [6, 6.07) is 19.4. The van der Waals surface area contributed by atoms with Gasteiger partial charge >= 0.3 is 5.97 Å². The zero-order valence-corrected chi connectivity index (χ0v) is 11.3. The second-order valence-corrected chi connectivity index (χ2v) is 4.72. The van der Waals surface area contributed by atoms with Crippen LogP contribution in [0.4, 0.5) is 0 Å². The van der Waals surface area contributed by atoms with Crippen molar-refractivity contribution in [3.05, 3.63) is 90.0 Å². The monoisotopic (exact) mass is 278 g/mol. The average Bonchev–Trinajstić information content (AvgIpc) is 2.99. The fraction of sp³-hybridized carbons (Fsp3) is 0.0588. The first-order chi connectivity index (χ1) is 10.3. The van der Waals surface area contributed by atoms with Gasteiger partial charge in [-0.1, -0.05) is 60.7 Å². The third-order valence-electron chi connectivity index (χ3n) is 3.39. The van der Waals surface area contributed by atoms with E-state index in [0.29, 0.717) is 0 Å². The fourth-order valence-corrected chi connectivity index (χ4v) is 2.46. The van der Waals surface area contributed by atoms with Gasteiger partial charge < -0.3 is 9.67 Å². The quantitative estimate of drug-likeness (QED) is 0.797. The molecule has 0 aliphatic heterocycles. The minimum absolute atomic E-state index is 0.174. The maximum absolute atomic E-state index is 11.4. The van der Waals surface area contributed by atoms with Gasteiger partial charge in [0.25, 0.3) is 0 Å². The largest absolute Gasteiger partial charge is 0.477 e. The molecule has 0 spiro atoms. The smallest absolute Gasteiger partial charge is 0.354 e. The summed E-state index contributed by atoms with van der Waals surface area (Å²) >= 11 is 0. The topological polar surface area (TPSA) is 55.1 Å². The number of nitrogens with zero attached hydrogens (tertiary/aromatic N) is 2. The lowest BCUT2D eigenvalue weighted by molar-refractivity contribution is 0.0684. The average molecular weight is 278 g/mol. The molecule has 0 unspecified atom stereocenters. The van der Waals surface area contributed by atoms with Crippen molar-refractivity contribution in [1.82, 2.24) is 9.55 Å². The molecule has 3 aromatic rings. The first kappa shape index (κ1) is 13.1. The molecule has 21 heavy (non-hydrogen) atoms. The summed E-state index contributed by atoms with van der Waals surface area (Å²) < 4.78 is 1.69. The van der Waals surface area contributed by atoms with E-state index in [9.17, 15) is 9.90 Å².